The van der Waals surface area contributed by atoms with E-state index in [0.717, 1.165) is 10.9 Å². The highest BCUT2D eigenvalue weighted by atomic mass is 35.5. The minimum absolute atomic E-state index is 0.00786. The molecule has 3 N–H and O–H groups in total. The van der Waals surface area contributed by atoms with Gasteiger partial charge in [-0.1, -0.05) is 11.6 Å². The maximum Gasteiger partial charge on any atom is 0.158 e. The SMILES string of the molecule is CC(N)Cn1nc(Cl)c2ccc(O)cc21. The van der Waals surface area contributed by atoms with E-state index in [4.69, 9.17) is 17.3 Å². The predicted octanol–water partition coefficient (Wildman–Crippen LogP) is 1.74. The number of nitrogens with zero attached hydrogens (tertiary/aromatic N) is 2. The Labute approximate surface area is 92.3 Å². The van der Waals surface area contributed by atoms with Crippen molar-refractivity contribution in [3.63, 3.8) is 0 Å². The molecule has 1 unspecified atom stereocenters. The molecule has 5 heteroatoms. The van der Waals surface area contributed by atoms with E-state index in [1.807, 2.05) is 6.92 Å². The lowest BCUT2D eigenvalue weighted by Gasteiger charge is -2.06. The predicted molar refractivity (Wildman–Crippen MR) is 60.1 cm³/mol. The molecule has 0 saturated heterocycles. The molecule has 1 atom stereocenters. The summed E-state index contributed by atoms with van der Waals surface area (Å²) in [6.45, 7) is 2.47. The van der Waals surface area contributed by atoms with Crippen LogP contribution in [0.4, 0.5) is 0 Å². The van der Waals surface area contributed by atoms with Gasteiger partial charge in [0.05, 0.1) is 12.1 Å². The Morgan fingerprint density at radius 2 is 2.33 bits per heavy atom. The Kier molecular flexibility index (Phi) is 2.54. The van der Waals surface area contributed by atoms with Gasteiger partial charge in [0.25, 0.3) is 0 Å². The van der Waals surface area contributed by atoms with E-state index in [9.17, 15) is 5.11 Å². The normalized spacial score (nSPS) is 13.3. The van der Waals surface area contributed by atoms with E-state index >= 15 is 0 Å². The molecule has 0 bridgehead atoms. The Morgan fingerprint density at radius 3 is 3.00 bits per heavy atom. The molecule has 0 fully saturated rings. The molecule has 2 rings (SSSR count). The van der Waals surface area contributed by atoms with Crippen LogP contribution in [-0.4, -0.2) is 20.9 Å². The number of aromatic hydroxyl groups is 1. The summed E-state index contributed by atoms with van der Waals surface area (Å²) in [4.78, 5) is 0. The first-order chi connectivity index (χ1) is 7.08. The van der Waals surface area contributed by atoms with Gasteiger partial charge in [0.1, 0.15) is 5.75 Å². The molecule has 15 heavy (non-hydrogen) atoms. The van der Waals surface area contributed by atoms with Crippen LogP contribution in [0.1, 0.15) is 6.92 Å². The van der Waals surface area contributed by atoms with Crippen LogP contribution in [0.15, 0.2) is 18.2 Å². The second kappa shape index (κ2) is 3.72. The molecule has 1 aromatic carbocycles. The lowest BCUT2D eigenvalue weighted by Crippen LogP contribution is -2.22. The molecule has 0 aliphatic rings. The highest BCUT2D eigenvalue weighted by molar-refractivity contribution is 6.34. The zero-order valence-electron chi connectivity index (χ0n) is 8.31. The fourth-order valence-corrected chi connectivity index (χ4v) is 1.78. The minimum atomic E-state index is -0.00786. The van der Waals surface area contributed by atoms with Crippen molar-refractivity contribution in [2.45, 2.75) is 19.5 Å². The molecular formula is C10H12ClN3O. The summed E-state index contributed by atoms with van der Waals surface area (Å²) < 4.78 is 1.71. The lowest BCUT2D eigenvalue weighted by atomic mass is 10.2. The van der Waals surface area contributed by atoms with E-state index in [-0.39, 0.29) is 11.8 Å². The molecule has 0 aliphatic heterocycles. The van der Waals surface area contributed by atoms with Gasteiger partial charge in [-0.25, -0.2) is 0 Å². The monoisotopic (exact) mass is 225 g/mol. The molecule has 0 radical (unpaired) electrons. The van der Waals surface area contributed by atoms with Crippen molar-refractivity contribution >= 4 is 22.5 Å². The molecule has 80 valence electrons. The second-order valence-electron chi connectivity index (χ2n) is 3.65. The molecule has 0 saturated carbocycles. The van der Waals surface area contributed by atoms with Crippen LogP contribution in [-0.2, 0) is 6.54 Å². The molecule has 1 aromatic heterocycles. The summed E-state index contributed by atoms with van der Waals surface area (Å²) >= 11 is 5.96. The zero-order valence-corrected chi connectivity index (χ0v) is 9.07. The molecule has 0 amide bonds. The summed E-state index contributed by atoms with van der Waals surface area (Å²) in [6, 6.07) is 4.96. The summed E-state index contributed by atoms with van der Waals surface area (Å²) in [5, 5.41) is 14.8. The third-order valence-corrected chi connectivity index (χ3v) is 2.43. The van der Waals surface area contributed by atoms with Crippen LogP contribution < -0.4 is 5.73 Å². The fraction of sp³-hybridized carbons (Fsp3) is 0.300. The first-order valence-electron chi connectivity index (χ1n) is 4.68. The highest BCUT2D eigenvalue weighted by Crippen LogP contribution is 2.26. The number of phenols is 1. The Balaban J connectivity index is 2.59. The number of halogens is 1. The lowest BCUT2D eigenvalue weighted by molar-refractivity contribution is 0.475. The number of hydrogen-bond donors (Lipinski definition) is 2. The largest absolute Gasteiger partial charge is 0.508 e. The number of fused-ring (bicyclic) bond motifs is 1. The summed E-state index contributed by atoms with van der Waals surface area (Å²) in [7, 11) is 0. The molecule has 2 aromatic rings. The first-order valence-corrected chi connectivity index (χ1v) is 5.06. The van der Waals surface area contributed by atoms with Crippen molar-refractivity contribution in [3.8, 4) is 5.75 Å². The Hall–Kier alpha value is -1.26. The number of phenolic OH excluding ortho intramolecular Hbond substituents is 1. The Bertz CT molecular complexity index is 493. The van der Waals surface area contributed by atoms with Crippen molar-refractivity contribution in [2.24, 2.45) is 5.73 Å². The van der Waals surface area contributed by atoms with Gasteiger partial charge in [0.2, 0.25) is 0 Å². The van der Waals surface area contributed by atoms with E-state index in [0.29, 0.717) is 11.7 Å². The zero-order chi connectivity index (χ0) is 11.0. The van der Waals surface area contributed by atoms with E-state index in [1.165, 1.54) is 0 Å². The average molecular weight is 226 g/mol. The Morgan fingerprint density at radius 1 is 1.60 bits per heavy atom. The van der Waals surface area contributed by atoms with Crippen LogP contribution >= 0.6 is 11.6 Å². The number of aromatic nitrogens is 2. The summed E-state index contributed by atoms with van der Waals surface area (Å²) in [5.41, 5.74) is 6.50. The molecule has 0 spiro atoms. The first kappa shape index (κ1) is 10.3. The summed E-state index contributed by atoms with van der Waals surface area (Å²) in [6.07, 6.45) is 0. The van der Waals surface area contributed by atoms with Gasteiger partial charge < -0.3 is 10.8 Å². The van der Waals surface area contributed by atoms with Gasteiger partial charge in [-0.15, -0.1) is 0 Å². The molecular weight excluding hydrogens is 214 g/mol. The standard InChI is InChI=1S/C10H12ClN3O/c1-6(12)5-14-9-4-7(15)2-3-8(9)10(11)13-14/h2-4,6,15H,5,12H2,1H3. The molecule has 4 nitrogen and oxygen atoms in total. The number of nitrogens with two attached hydrogens (primary N) is 1. The third kappa shape index (κ3) is 1.91. The van der Waals surface area contributed by atoms with E-state index in [1.54, 1.807) is 22.9 Å². The van der Waals surface area contributed by atoms with Gasteiger partial charge in [0.15, 0.2) is 5.15 Å². The smallest absolute Gasteiger partial charge is 0.158 e. The average Bonchev–Trinajstić information content (AvgIpc) is 2.42. The molecule has 1 heterocycles. The van der Waals surface area contributed by atoms with Gasteiger partial charge >= 0.3 is 0 Å². The summed E-state index contributed by atoms with van der Waals surface area (Å²) in [5.74, 6) is 0.199. The topological polar surface area (TPSA) is 64.1 Å². The number of rotatable bonds is 2. The third-order valence-electron chi connectivity index (χ3n) is 2.15. The van der Waals surface area contributed by atoms with Crippen molar-refractivity contribution in [1.82, 2.24) is 9.78 Å². The number of benzene rings is 1. The van der Waals surface area contributed by atoms with Gasteiger partial charge in [-0.2, -0.15) is 5.10 Å². The minimum Gasteiger partial charge on any atom is -0.508 e. The van der Waals surface area contributed by atoms with Gasteiger partial charge in [-0.05, 0) is 19.1 Å². The highest BCUT2D eigenvalue weighted by Gasteiger charge is 2.10. The van der Waals surface area contributed by atoms with E-state index < -0.39 is 0 Å². The van der Waals surface area contributed by atoms with Gasteiger partial charge in [0, 0.05) is 17.5 Å². The van der Waals surface area contributed by atoms with Crippen molar-refractivity contribution in [2.75, 3.05) is 0 Å². The number of hydrogen-bond acceptors (Lipinski definition) is 3. The van der Waals surface area contributed by atoms with E-state index in [2.05, 4.69) is 5.10 Å². The van der Waals surface area contributed by atoms with Crippen LogP contribution in [0.3, 0.4) is 0 Å². The van der Waals surface area contributed by atoms with Gasteiger partial charge in [-0.3, -0.25) is 4.68 Å². The quantitative estimate of drug-likeness (QED) is 0.819. The van der Waals surface area contributed by atoms with Crippen LogP contribution in [0.25, 0.3) is 10.9 Å². The maximum atomic E-state index is 9.38. The van der Waals surface area contributed by atoms with Crippen molar-refractivity contribution < 1.29 is 5.11 Å². The maximum absolute atomic E-state index is 9.38. The fourth-order valence-electron chi connectivity index (χ4n) is 1.53. The second-order valence-corrected chi connectivity index (χ2v) is 4.01. The van der Waals surface area contributed by atoms with Crippen molar-refractivity contribution in [3.05, 3.63) is 23.4 Å². The van der Waals surface area contributed by atoms with Crippen LogP contribution in [0, 0.1) is 0 Å². The van der Waals surface area contributed by atoms with Crippen LogP contribution in [0.2, 0.25) is 5.15 Å². The van der Waals surface area contributed by atoms with Crippen molar-refractivity contribution in [1.29, 1.82) is 0 Å². The molecule has 0 aliphatic carbocycles. The van der Waals surface area contributed by atoms with Crippen LogP contribution in [0.5, 0.6) is 5.75 Å².